The molecule has 0 amide bonds. The molecule has 0 atom stereocenters. The van der Waals surface area contributed by atoms with Crippen LogP contribution < -0.4 is 0 Å². The smallest absolute Gasteiger partial charge is 0.508 e. The van der Waals surface area contributed by atoms with Crippen LogP contribution in [0.1, 0.15) is 11.1 Å². The van der Waals surface area contributed by atoms with Crippen molar-refractivity contribution in [1.82, 2.24) is 0 Å². The normalized spacial score (nSPS) is 8.77. The van der Waals surface area contributed by atoms with E-state index in [0.717, 1.165) is 11.1 Å². The number of hydrogen-bond acceptors (Lipinski definition) is 1. The molecule has 0 aliphatic heterocycles. The van der Waals surface area contributed by atoms with Crippen LogP contribution in [0, 0.1) is 13.8 Å². The molecule has 5 aromatic rings. The Morgan fingerprint density at radius 3 is 1.29 bits per heavy atom. The molecule has 0 aliphatic rings. The van der Waals surface area contributed by atoms with Gasteiger partial charge in [-0.05, 0) is 12.1 Å². The fourth-order valence-electron chi connectivity index (χ4n) is 2.45. The molecule has 0 unspecified atom stereocenters. The fraction of sp³-hybridized carbons (Fsp3) is 0. The summed E-state index contributed by atoms with van der Waals surface area (Å²) in [6, 6.07) is 43.1. The summed E-state index contributed by atoms with van der Waals surface area (Å²) in [4.78, 5) is 0. The van der Waals surface area contributed by atoms with Crippen LogP contribution >= 0.6 is 0 Å². The molecule has 0 fully saturated rings. The van der Waals surface area contributed by atoms with E-state index in [2.05, 4.69) is 56.3 Å². The summed E-state index contributed by atoms with van der Waals surface area (Å²) in [5, 5.41) is 11.3. The molecule has 0 saturated carbocycles. The average Bonchev–Trinajstić information content (AvgIpc) is 3.26. The molecule has 1 nitrogen and oxygen atoms in total. The zero-order valence-electron chi connectivity index (χ0n) is 17.6. The van der Waals surface area contributed by atoms with Crippen molar-refractivity contribution in [3.05, 3.63) is 158 Å². The third-order valence-corrected chi connectivity index (χ3v) is 3.99. The monoisotopic (exact) mass is 481 g/mol. The van der Waals surface area contributed by atoms with Crippen LogP contribution in [-0.4, -0.2) is 5.11 Å². The standard InChI is InChI=1S/C9H7.2C7H7.C6H6O.Zr/c1-2-5-9-7-3-6-8(9)4-1;2*1-7-5-3-2-4-6-7;7-6-4-2-1-3-5-6;/h1-7H;2*2-6H,1H2;1-5,7H;/q3*-1;;+3. The minimum Gasteiger partial charge on any atom is -0.508 e. The molecular weight excluding hydrogens is 456 g/mol. The Morgan fingerprint density at radius 1 is 0.516 bits per heavy atom. The summed E-state index contributed by atoms with van der Waals surface area (Å²) >= 11 is 0. The van der Waals surface area contributed by atoms with Crippen LogP contribution in [0.5, 0.6) is 5.75 Å². The van der Waals surface area contributed by atoms with Crippen LogP contribution in [0.15, 0.2) is 133 Å². The SMILES string of the molecule is Oc1ccccc1.[CH2-]c1ccccc1.[CH2-]c1ccccc1.[Zr+3].c1ccc2[cH-]ccc2c1. The first-order valence-electron chi connectivity index (χ1n) is 9.73. The Labute approximate surface area is 205 Å². The van der Waals surface area contributed by atoms with E-state index in [-0.39, 0.29) is 26.2 Å². The predicted octanol–water partition coefficient (Wildman–Crippen LogP) is 7.69. The fourth-order valence-corrected chi connectivity index (χ4v) is 2.45. The quantitative estimate of drug-likeness (QED) is 0.224. The van der Waals surface area contributed by atoms with Crippen LogP contribution in [0.2, 0.25) is 0 Å². The topological polar surface area (TPSA) is 20.2 Å². The maximum absolute atomic E-state index is 8.63. The summed E-state index contributed by atoms with van der Waals surface area (Å²) in [5.41, 5.74) is 2.14. The maximum Gasteiger partial charge on any atom is 3.00 e. The molecule has 2 heteroatoms. The number of para-hydroxylation sites is 1. The summed E-state index contributed by atoms with van der Waals surface area (Å²) in [5.74, 6) is 0.322. The van der Waals surface area contributed by atoms with Crippen molar-refractivity contribution in [2.75, 3.05) is 0 Å². The van der Waals surface area contributed by atoms with Crippen molar-refractivity contribution >= 4 is 10.8 Å². The molecule has 1 radical (unpaired) electrons. The number of phenols is 1. The number of fused-ring (bicyclic) bond motifs is 1. The number of benzene rings is 4. The van der Waals surface area contributed by atoms with Gasteiger partial charge in [-0.3, -0.25) is 0 Å². The van der Waals surface area contributed by atoms with Gasteiger partial charge in [0.15, 0.2) is 0 Å². The van der Waals surface area contributed by atoms with Gasteiger partial charge < -0.3 is 5.11 Å². The van der Waals surface area contributed by atoms with Gasteiger partial charge in [-0.1, -0.05) is 36.4 Å². The van der Waals surface area contributed by atoms with E-state index < -0.39 is 0 Å². The number of phenolic OH excluding ortho intramolecular Hbond substituents is 1. The predicted molar refractivity (Wildman–Crippen MR) is 129 cm³/mol. The molecule has 0 aromatic heterocycles. The van der Waals surface area contributed by atoms with Crippen LogP contribution in [0.4, 0.5) is 0 Å². The summed E-state index contributed by atoms with van der Waals surface area (Å²) in [7, 11) is 0. The van der Waals surface area contributed by atoms with Crippen molar-refractivity contribution in [2.45, 2.75) is 0 Å². The van der Waals surface area contributed by atoms with Crippen LogP contribution in [-0.2, 0) is 26.2 Å². The first-order chi connectivity index (χ1) is 14.6. The molecule has 153 valence electrons. The second-order valence-corrected chi connectivity index (χ2v) is 6.46. The summed E-state index contributed by atoms with van der Waals surface area (Å²) < 4.78 is 0. The Balaban J connectivity index is 0.000000206. The van der Waals surface area contributed by atoms with E-state index in [9.17, 15) is 0 Å². The molecule has 0 bridgehead atoms. The zero-order chi connectivity index (χ0) is 21.4. The Bertz CT molecular complexity index is 935. The molecule has 0 spiro atoms. The molecule has 31 heavy (non-hydrogen) atoms. The first kappa shape index (κ1) is 25.9. The Kier molecular flexibility index (Phi) is 13.2. The average molecular weight is 483 g/mol. The van der Waals surface area contributed by atoms with Gasteiger partial charge in [-0.2, -0.15) is 66.8 Å². The largest absolute Gasteiger partial charge is 3.00 e. The third-order valence-electron chi connectivity index (χ3n) is 3.99. The van der Waals surface area contributed by atoms with Gasteiger partial charge in [0.05, 0.1) is 0 Å². The van der Waals surface area contributed by atoms with Crippen LogP contribution in [0.3, 0.4) is 0 Å². The van der Waals surface area contributed by atoms with Gasteiger partial charge in [0.2, 0.25) is 0 Å². The number of hydrogen-bond donors (Lipinski definition) is 1. The number of aromatic hydroxyl groups is 1. The number of rotatable bonds is 0. The van der Waals surface area contributed by atoms with Crippen molar-refractivity contribution in [1.29, 1.82) is 0 Å². The van der Waals surface area contributed by atoms with Crippen molar-refractivity contribution in [2.24, 2.45) is 0 Å². The zero-order valence-corrected chi connectivity index (χ0v) is 20.0. The third kappa shape index (κ3) is 11.6. The van der Waals surface area contributed by atoms with Gasteiger partial charge in [-0.15, -0.1) is 53.9 Å². The van der Waals surface area contributed by atoms with E-state index in [1.807, 2.05) is 66.7 Å². The van der Waals surface area contributed by atoms with Gasteiger partial charge in [0, 0.05) is 0 Å². The van der Waals surface area contributed by atoms with Gasteiger partial charge in [-0.25, -0.2) is 0 Å². The van der Waals surface area contributed by atoms with E-state index in [0.29, 0.717) is 5.75 Å². The van der Waals surface area contributed by atoms with E-state index >= 15 is 0 Å². The Morgan fingerprint density at radius 2 is 0.935 bits per heavy atom. The second kappa shape index (κ2) is 15.7. The van der Waals surface area contributed by atoms with Gasteiger partial charge in [0.25, 0.3) is 0 Å². The van der Waals surface area contributed by atoms with Crippen molar-refractivity contribution < 1.29 is 31.3 Å². The van der Waals surface area contributed by atoms with E-state index in [4.69, 9.17) is 5.11 Å². The van der Waals surface area contributed by atoms with Gasteiger partial charge >= 0.3 is 26.2 Å². The molecule has 0 aliphatic carbocycles. The van der Waals surface area contributed by atoms with E-state index in [1.54, 1.807) is 24.3 Å². The van der Waals surface area contributed by atoms with Crippen molar-refractivity contribution in [3.63, 3.8) is 0 Å². The molecule has 0 heterocycles. The molecule has 1 N–H and O–H groups in total. The first-order valence-corrected chi connectivity index (χ1v) is 9.73. The van der Waals surface area contributed by atoms with Crippen LogP contribution in [0.25, 0.3) is 10.8 Å². The minimum absolute atomic E-state index is 0. The molecular formula is C29H27OZr. The molecule has 5 aromatic carbocycles. The summed E-state index contributed by atoms with van der Waals surface area (Å²) in [6.07, 6.45) is 0. The summed E-state index contributed by atoms with van der Waals surface area (Å²) in [6.45, 7) is 7.44. The maximum atomic E-state index is 8.63. The Hall–Kier alpha value is -3.09. The molecule has 5 rings (SSSR count). The van der Waals surface area contributed by atoms with E-state index in [1.165, 1.54) is 10.8 Å². The van der Waals surface area contributed by atoms with Gasteiger partial charge in [0.1, 0.15) is 5.75 Å². The van der Waals surface area contributed by atoms with Crippen molar-refractivity contribution in [3.8, 4) is 5.75 Å². The molecule has 0 saturated heterocycles. The minimum atomic E-state index is 0. The second-order valence-electron chi connectivity index (χ2n) is 6.46.